The summed E-state index contributed by atoms with van der Waals surface area (Å²) in [6.45, 7) is 8.71. The van der Waals surface area contributed by atoms with Gasteiger partial charge >= 0.3 is 0 Å². The van der Waals surface area contributed by atoms with Crippen molar-refractivity contribution in [2.75, 3.05) is 5.32 Å². The molecule has 4 nitrogen and oxygen atoms in total. The molecule has 0 spiro atoms. The van der Waals surface area contributed by atoms with Crippen molar-refractivity contribution in [3.63, 3.8) is 0 Å². The molecule has 26 heavy (non-hydrogen) atoms. The predicted molar refractivity (Wildman–Crippen MR) is 105 cm³/mol. The number of amides is 1. The van der Waals surface area contributed by atoms with Crippen LogP contribution in [0, 0.1) is 5.41 Å². The Morgan fingerprint density at radius 1 is 1.12 bits per heavy atom. The summed E-state index contributed by atoms with van der Waals surface area (Å²) in [5, 5.41) is 14.3. The summed E-state index contributed by atoms with van der Waals surface area (Å²) in [6.07, 6.45) is 1.72. The van der Waals surface area contributed by atoms with Crippen LogP contribution in [0.5, 0.6) is 0 Å². The molecule has 1 fully saturated rings. The van der Waals surface area contributed by atoms with Crippen LogP contribution in [0.15, 0.2) is 48.5 Å². The van der Waals surface area contributed by atoms with E-state index in [1.807, 2.05) is 37.3 Å². The van der Waals surface area contributed by atoms with E-state index in [0.29, 0.717) is 0 Å². The minimum atomic E-state index is -0.353. The SMILES string of the molecule is CC1(C(=O)N(O)Cc2ccc(Nc3cccc(C(C)(C)C)c3)cc2)CC1. The number of hydroxylamine groups is 2. The van der Waals surface area contributed by atoms with Gasteiger partial charge in [0.25, 0.3) is 5.91 Å². The number of carbonyl (C=O) groups is 1. The third-order valence-corrected chi connectivity index (χ3v) is 5.05. The van der Waals surface area contributed by atoms with Gasteiger partial charge in [-0.15, -0.1) is 0 Å². The van der Waals surface area contributed by atoms with Gasteiger partial charge < -0.3 is 5.32 Å². The minimum Gasteiger partial charge on any atom is -0.356 e. The fourth-order valence-corrected chi connectivity index (χ4v) is 2.88. The van der Waals surface area contributed by atoms with Gasteiger partial charge in [-0.3, -0.25) is 10.0 Å². The van der Waals surface area contributed by atoms with Gasteiger partial charge in [0, 0.05) is 16.8 Å². The molecule has 0 radical (unpaired) electrons. The predicted octanol–water partition coefficient (Wildman–Crippen LogP) is 5.25. The van der Waals surface area contributed by atoms with Gasteiger partial charge in [-0.05, 0) is 53.6 Å². The molecule has 0 heterocycles. The van der Waals surface area contributed by atoms with Gasteiger partial charge in [0.05, 0.1) is 6.54 Å². The first-order valence-electron chi connectivity index (χ1n) is 9.15. The summed E-state index contributed by atoms with van der Waals surface area (Å²) in [4.78, 5) is 12.1. The van der Waals surface area contributed by atoms with E-state index in [-0.39, 0.29) is 23.3 Å². The summed E-state index contributed by atoms with van der Waals surface area (Å²) in [5.41, 5.74) is 3.96. The molecule has 2 aromatic rings. The average molecular weight is 352 g/mol. The molecular formula is C22H28N2O2. The molecule has 3 rings (SSSR count). The Morgan fingerprint density at radius 3 is 2.35 bits per heavy atom. The fourth-order valence-electron chi connectivity index (χ4n) is 2.88. The summed E-state index contributed by atoms with van der Waals surface area (Å²) >= 11 is 0. The lowest BCUT2D eigenvalue weighted by Gasteiger charge is -2.20. The first kappa shape index (κ1) is 18.5. The molecule has 0 saturated heterocycles. The van der Waals surface area contributed by atoms with E-state index < -0.39 is 0 Å². The van der Waals surface area contributed by atoms with Gasteiger partial charge in [-0.2, -0.15) is 0 Å². The van der Waals surface area contributed by atoms with Crippen molar-refractivity contribution in [3.05, 3.63) is 59.7 Å². The Morgan fingerprint density at radius 2 is 1.77 bits per heavy atom. The van der Waals surface area contributed by atoms with Crippen molar-refractivity contribution >= 4 is 17.3 Å². The zero-order valence-electron chi connectivity index (χ0n) is 16.0. The highest BCUT2D eigenvalue weighted by Crippen LogP contribution is 2.46. The van der Waals surface area contributed by atoms with Crippen molar-refractivity contribution in [2.45, 2.75) is 52.5 Å². The molecule has 0 aliphatic heterocycles. The molecule has 138 valence electrons. The lowest BCUT2D eigenvalue weighted by Crippen LogP contribution is -2.32. The quantitative estimate of drug-likeness (QED) is 0.571. The number of rotatable bonds is 5. The number of carbonyl (C=O) groups excluding carboxylic acids is 1. The molecule has 0 unspecified atom stereocenters. The van der Waals surface area contributed by atoms with Crippen molar-refractivity contribution in [3.8, 4) is 0 Å². The summed E-state index contributed by atoms with van der Waals surface area (Å²) in [7, 11) is 0. The van der Waals surface area contributed by atoms with Crippen molar-refractivity contribution in [1.29, 1.82) is 0 Å². The number of nitrogens with zero attached hydrogens (tertiary/aromatic N) is 1. The van der Waals surface area contributed by atoms with E-state index in [1.165, 1.54) is 5.56 Å². The van der Waals surface area contributed by atoms with Gasteiger partial charge in [-0.1, -0.05) is 52.0 Å². The maximum absolute atomic E-state index is 12.1. The van der Waals surface area contributed by atoms with Crippen LogP contribution in [0.1, 0.15) is 51.7 Å². The minimum absolute atomic E-state index is 0.108. The van der Waals surface area contributed by atoms with E-state index in [9.17, 15) is 10.0 Å². The zero-order chi connectivity index (χ0) is 18.9. The third-order valence-electron chi connectivity index (χ3n) is 5.05. The van der Waals surface area contributed by atoms with E-state index >= 15 is 0 Å². The molecule has 0 atom stereocenters. The summed E-state index contributed by atoms with van der Waals surface area (Å²) < 4.78 is 0. The second-order valence-corrected chi connectivity index (χ2v) is 8.58. The van der Waals surface area contributed by atoms with Crippen LogP contribution in [-0.2, 0) is 16.8 Å². The Balaban J connectivity index is 1.64. The summed E-state index contributed by atoms with van der Waals surface area (Å²) in [6, 6.07) is 16.2. The number of anilines is 2. The average Bonchev–Trinajstić information content (AvgIpc) is 3.34. The summed E-state index contributed by atoms with van der Waals surface area (Å²) in [5.74, 6) is -0.182. The number of hydrogen-bond acceptors (Lipinski definition) is 3. The third kappa shape index (κ3) is 4.25. The first-order valence-corrected chi connectivity index (χ1v) is 9.15. The maximum atomic E-state index is 12.1. The molecule has 0 bridgehead atoms. The molecule has 1 saturated carbocycles. The number of hydrogen-bond donors (Lipinski definition) is 2. The van der Waals surface area contributed by atoms with E-state index in [0.717, 1.165) is 34.8 Å². The van der Waals surface area contributed by atoms with Crippen molar-refractivity contribution in [2.24, 2.45) is 5.41 Å². The maximum Gasteiger partial charge on any atom is 0.252 e. The lowest BCUT2D eigenvalue weighted by molar-refractivity contribution is -0.173. The Bertz CT molecular complexity index is 787. The molecular weight excluding hydrogens is 324 g/mol. The zero-order valence-corrected chi connectivity index (χ0v) is 16.0. The van der Waals surface area contributed by atoms with Gasteiger partial charge in [0.2, 0.25) is 0 Å². The lowest BCUT2D eigenvalue weighted by atomic mass is 9.87. The van der Waals surface area contributed by atoms with Crippen LogP contribution < -0.4 is 5.32 Å². The number of benzene rings is 2. The highest BCUT2D eigenvalue weighted by molar-refractivity contribution is 5.83. The van der Waals surface area contributed by atoms with E-state index in [4.69, 9.17) is 0 Å². The monoisotopic (exact) mass is 352 g/mol. The van der Waals surface area contributed by atoms with Crippen molar-refractivity contribution < 1.29 is 10.0 Å². The van der Waals surface area contributed by atoms with Crippen LogP contribution >= 0.6 is 0 Å². The second-order valence-electron chi connectivity index (χ2n) is 8.58. The Labute approximate surface area is 155 Å². The van der Waals surface area contributed by atoms with Gasteiger partial charge in [-0.25, -0.2) is 5.06 Å². The van der Waals surface area contributed by atoms with Gasteiger partial charge in [0.1, 0.15) is 0 Å². The molecule has 2 N–H and O–H groups in total. The molecule has 1 aliphatic carbocycles. The van der Waals surface area contributed by atoms with Crippen LogP contribution in [-0.4, -0.2) is 16.2 Å². The topological polar surface area (TPSA) is 52.6 Å². The Hall–Kier alpha value is -2.33. The molecule has 2 aromatic carbocycles. The molecule has 1 aliphatic rings. The normalized spacial score (nSPS) is 15.4. The highest BCUT2D eigenvalue weighted by atomic mass is 16.5. The molecule has 4 heteroatoms. The highest BCUT2D eigenvalue weighted by Gasteiger charge is 2.47. The van der Waals surface area contributed by atoms with Crippen LogP contribution in [0.3, 0.4) is 0 Å². The standard InChI is InChI=1S/C22H28N2O2/c1-21(2,3)17-6-5-7-19(14-17)23-18-10-8-16(9-11-18)15-24(26)20(25)22(4)12-13-22/h5-11,14,23,26H,12-13,15H2,1-4H3. The second kappa shape index (κ2) is 6.76. The van der Waals surface area contributed by atoms with Crippen LogP contribution in [0.2, 0.25) is 0 Å². The van der Waals surface area contributed by atoms with E-state index in [1.54, 1.807) is 0 Å². The van der Waals surface area contributed by atoms with Gasteiger partial charge in [0.15, 0.2) is 0 Å². The molecule has 1 amide bonds. The van der Waals surface area contributed by atoms with E-state index in [2.05, 4.69) is 44.3 Å². The van der Waals surface area contributed by atoms with Crippen LogP contribution in [0.4, 0.5) is 11.4 Å². The smallest absolute Gasteiger partial charge is 0.252 e. The largest absolute Gasteiger partial charge is 0.356 e. The number of nitrogens with one attached hydrogen (secondary N) is 1. The van der Waals surface area contributed by atoms with Crippen LogP contribution in [0.25, 0.3) is 0 Å². The fraction of sp³-hybridized carbons (Fsp3) is 0.409. The molecule has 0 aromatic heterocycles. The Kier molecular flexibility index (Phi) is 4.80. The first-order chi connectivity index (χ1) is 12.2. The van der Waals surface area contributed by atoms with Crippen molar-refractivity contribution in [1.82, 2.24) is 5.06 Å².